The Morgan fingerprint density at radius 2 is 1.79 bits per heavy atom. The number of nitrogens with zero attached hydrogens (tertiary/aromatic N) is 2. The van der Waals surface area contributed by atoms with Crippen molar-refractivity contribution >= 4 is 48.9 Å². The van der Waals surface area contributed by atoms with Crippen LogP contribution in [-0.2, 0) is 0 Å². The Labute approximate surface area is 131 Å². The zero-order chi connectivity index (χ0) is 13.4. The minimum absolute atomic E-state index is 0.678. The van der Waals surface area contributed by atoms with E-state index in [4.69, 9.17) is 5.73 Å². The highest BCUT2D eigenvalue weighted by atomic mass is 79.9. The van der Waals surface area contributed by atoms with Crippen LogP contribution in [0.25, 0.3) is 16.3 Å². The van der Waals surface area contributed by atoms with Gasteiger partial charge in [-0.1, -0.05) is 15.9 Å². The van der Waals surface area contributed by atoms with Crippen LogP contribution in [0.4, 0.5) is 5.69 Å². The molecule has 0 atom stereocenters. The molecule has 0 bridgehead atoms. The summed E-state index contributed by atoms with van der Waals surface area (Å²) in [5.74, 6) is 0. The third-order valence-corrected chi connectivity index (χ3v) is 4.80. The second kappa shape index (κ2) is 5.11. The normalized spacial score (nSPS) is 10.8. The molecule has 0 saturated carbocycles. The molecule has 3 nitrogen and oxygen atoms in total. The van der Waals surface area contributed by atoms with E-state index < -0.39 is 0 Å². The van der Waals surface area contributed by atoms with Crippen LogP contribution in [-0.4, -0.2) is 9.78 Å². The number of hydrogen-bond acceptors (Lipinski definition) is 3. The Hall–Kier alpha value is -1.11. The van der Waals surface area contributed by atoms with Gasteiger partial charge in [-0.3, -0.25) is 0 Å². The third kappa shape index (κ3) is 2.61. The molecule has 1 aromatic carbocycles. The highest BCUT2D eigenvalue weighted by Crippen LogP contribution is 2.33. The number of rotatable bonds is 2. The molecule has 3 aromatic rings. The minimum atomic E-state index is 0.678. The average Bonchev–Trinajstić information content (AvgIpc) is 2.96. The first kappa shape index (κ1) is 12.9. The second-order valence-electron chi connectivity index (χ2n) is 3.96. The van der Waals surface area contributed by atoms with E-state index in [0.29, 0.717) is 5.69 Å². The summed E-state index contributed by atoms with van der Waals surface area (Å²) in [5.41, 5.74) is 8.53. The van der Waals surface area contributed by atoms with E-state index >= 15 is 0 Å². The average molecular weight is 399 g/mol. The van der Waals surface area contributed by atoms with Crippen molar-refractivity contribution in [3.8, 4) is 16.3 Å². The van der Waals surface area contributed by atoms with Gasteiger partial charge in [0, 0.05) is 4.47 Å². The Kier molecular flexibility index (Phi) is 3.47. The maximum absolute atomic E-state index is 6.05. The molecule has 96 valence electrons. The van der Waals surface area contributed by atoms with Gasteiger partial charge in [0.05, 0.1) is 26.2 Å². The van der Waals surface area contributed by atoms with Crippen LogP contribution >= 0.6 is 43.2 Å². The van der Waals surface area contributed by atoms with Gasteiger partial charge in [0.1, 0.15) is 5.69 Å². The maximum Gasteiger partial charge on any atom is 0.126 e. The number of nitrogens with two attached hydrogens (primary N) is 1. The Bertz CT molecular complexity index is 716. The van der Waals surface area contributed by atoms with E-state index in [1.54, 1.807) is 16.0 Å². The Balaban J connectivity index is 2.04. The Morgan fingerprint density at radius 1 is 1.05 bits per heavy atom. The molecule has 0 radical (unpaired) electrons. The summed E-state index contributed by atoms with van der Waals surface area (Å²) in [4.78, 5) is 1.06. The fraction of sp³-hybridized carbons (Fsp3) is 0. The molecule has 0 spiro atoms. The molecule has 19 heavy (non-hydrogen) atoms. The fourth-order valence-corrected chi connectivity index (χ4v) is 3.40. The van der Waals surface area contributed by atoms with Crippen LogP contribution in [0, 0.1) is 0 Å². The maximum atomic E-state index is 6.05. The first-order valence-electron chi connectivity index (χ1n) is 5.50. The predicted octanol–water partition coefficient (Wildman–Crippen LogP) is 4.71. The fourth-order valence-electron chi connectivity index (χ4n) is 1.75. The zero-order valence-electron chi connectivity index (χ0n) is 9.68. The van der Waals surface area contributed by atoms with Crippen molar-refractivity contribution in [2.45, 2.75) is 0 Å². The van der Waals surface area contributed by atoms with Crippen LogP contribution in [0.2, 0.25) is 0 Å². The van der Waals surface area contributed by atoms with Crippen LogP contribution in [0.1, 0.15) is 0 Å². The molecule has 6 heteroatoms. The molecule has 2 heterocycles. The summed E-state index contributed by atoms with van der Waals surface area (Å²) in [6, 6.07) is 12.0. The van der Waals surface area contributed by atoms with Crippen molar-refractivity contribution in [2.24, 2.45) is 0 Å². The number of thiophene rings is 1. The number of aromatic nitrogens is 2. The van der Waals surface area contributed by atoms with Crippen LogP contribution in [0.3, 0.4) is 0 Å². The molecule has 2 aromatic heterocycles. The zero-order valence-corrected chi connectivity index (χ0v) is 13.7. The summed E-state index contributed by atoms with van der Waals surface area (Å²) in [6.45, 7) is 0. The van der Waals surface area contributed by atoms with Gasteiger partial charge in [-0.15, -0.1) is 11.3 Å². The van der Waals surface area contributed by atoms with Crippen molar-refractivity contribution < 1.29 is 0 Å². The van der Waals surface area contributed by atoms with E-state index in [1.165, 1.54) is 0 Å². The highest BCUT2D eigenvalue weighted by molar-refractivity contribution is 9.11. The summed E-state index contributed by atoms with van der Waals surface area (Å²) in [6.07, 6.45) is 1.84. The number of nitrogen functional groups attached to an aromatic ring is 1. The van der Waals surface area contributed by atoms with Gasteiger partial charge in [0.2, 0.25) is 0 Å². The van der Waals surface area contributed by atoms with Crippen molar-refractivity contribution in [3.63, 3.8) is 0 Å². The molecule has 0 amide bonds. The first-order valence-corrected chi connectivity index (χ1v) is 7.90. The SMILES string of the molecule is Nc1cn(-c2ccc(Br)cc2)nc1-c1ccc(Br)s1. The van der Waals surface area contributed by atoms with E-state index in [-0.39, 0.29) is 0 Å². The molecule has 0 unspecified atom stereocenters. The minimum Gasteiger partial charge on any atom is -0.396 e. The quantitative estimate of drug-likeness (QED) is 0.679. The van der Waals surface area contributed by atoms with Crippen molar-refractivity contribution in [1.82, 2.24) is 9.78 Å². The molecule has 3 rings (SSSR count). The van der Waals surface area contributed by atoms with Gasteiger partial charge in [-0.25, -0.2) is 4.68 Å². The predicted molar refractivity (Wildman–Crippen MR) is 86.7 cm³/mol. The largest absolute Gasteiger partial charge is 0.396 e. The highest BCUT2D eigenvalue weighted by Gasteiger charge is 2.11. The molecule has 0 aliphatic carbocycles. The summed E-state index contributed by atoms with van der Waals surface area (Å²) in [5, 5.41) is 4.56. The van der Waals surface area contributed by atoms with Crippen molar-refractivity contribution in [2.75, 3.05) is 5.73 Å². The van der Waals surface area contributed by atoms with Gasteiger partial charge < -0.3 is 5.73 Å². The van der Waals surface area contributed by atoms with Crippen LogP contribution in [0.5, 0.6) is 0 Å². The van der Waals surface area contributed by atoms with Crippen LogP contribution in [0.15, 0.2) is 50.9 Å². The van der Waals surface area contributed by atoms with E-state index in [2.05, 4.69) is 37.0 Å². The van der Waals surface area contributed by atoms with Gasteiger partial charge in [0.15, 0.2) is 0 Å². The van der Waals surface area contributed by atoms with Gasteiger partial charge in [0.25, 0.3) is 0 Å². The molecule has 0 fully saturated rings. The third-order valence-electron chi connectivity index (χ3n) is 2.64. The summed E-state index contributed by atoms with van der Waals surface area (Å²) in [7, 11) is 0. The Morgan fingerprint density at radius 3 is 2.42 bits per heavy atom. The molecule has 0 saturated heterocycles. The lowest BCUT2D eigenvalue weighted by Crippen LogP contribution is -1.93. The monoisotopic (exact) mass is 397 g/mol. The summed E-state index contributed by atoms with van der Waals surface area (Å²) < 4.78 is 3.91. The number of benzene rings is 1. The molecule has 0 aliphatic heterocycles. The lowest BCUT2D eigenvalue weighted by atomic mass is 10.3. The number of anilines is 1. The van der Waals surface area contributed by atoms with Crippen molar-refractivity contribution in [1.29, 1.82) is 0 Å². The first-order chi connectivity index (χ1) is 9.13. The van der Waals surface area contributed by atoms with Gasteiger partial charge >= 0.3 is 0 Å². The standard InChI is InChI=1S/C13H9Br2N3S/c14-8-1-3-9(4-2-8)18-7-10(16)13(17-18)11-5-6-12(15)19-11/h1-7H,16H2. The molecular formula is C13H9Br2N3S. The van der Waals surface area contributed by atoms with Gasteiger partial charge in [-0.2, -0.15) is 5.10 Å². The van der Waals surface area contributed by atoms with E-state index in [9.17, 15) is 0 Å². The van der Waals surface area contributed by atoms with E-state index in [0.717, 1.165) is 24.5 Å². The number of halogens is 2. The molecular weight excluding hydrogens is 390 g/mol. The molecule has 0 aliphatic rings. The second-order valence-corrected chi connectivity index (χ2v) is 7.34. The van der Waals surface area contributed by atoms with Crippen LogP contribution < -0.4 is 5.73 Å². The molecule has 2 N–H and O–H groups in total. The topological polar surface area (TPSA) is 43.8 Å². The smallest absolute Gasteiger partial charge is 0.126 e. The lowest BCUT2D eigenvalue weighted by Gasteiger charge is -2.00. The summed E-state index contributed by atoms with van der Waals surface area (Å²) >= 11 is 8.49. The lowest BCUT2D eigenvalue weighted by molar-refractivity contribution is 0.885. The number of hydrogen-bond donors (Lipinski definition) is 1. The van der Waals surface area contributed by atoms with Crippen molar-refractivity contribution in [3.05, 3.63) is 50.9 Å². The van der Waals surface area contributed by atoms with E-state index in [1.807, 2.05) is 42.6 Å². The van der Waals surface area contributed by atoms with Gasteiger partial charge in [-0.05, 0) is 52.3 Å².